The van der Waals surface area contributed by atoms with Crippen LogP contribution >= 0.6 is 0 Å². The molecule has 0 aliphatic heterocycles. The van der Waals surface area contributed by atoms with Gasteiger partial charge in [-0.2, -0.15) is 0 Å². The Balaban J connectivity index is 1.50. The van der Waals surface area contributed by atoms with Crippen molar-refractivity contribution in [2.45, 2.75) is 80.3 Å². The van der Waals surface area contributed by atoms with E-state index in [0.717, 1.165) is 0 Å². The van der Waals surface area contributed by atoms with Crippen LogP contribution < -0.4 is 21.3 Å². The van der Waals surface area contributed by atoms with Crippen LogP contribution in [0, 0.1) is 28.8 Å². The normalized spacial score (nSPS) is 12.3. The summed E-state index contributed by atoms with van der Waals surface area (Å²) in [4.78, 5) is 65.7. The highest BCUT2D eigenvalue weighted by molar-refractivity contribution is 6.09. The second-order valence-corrected chi connectivity index (χ2v) is 16.9. The zero-order valence-electron chi connectivity index (χ0n) is 34.2. The largest absolute Gasteiger partial charge is 0.478 e. The maximum atomic E-state index is 14.2. The van der Waals surface area contributed by atoms with Crippen molar-refractivity contribution in [2.75, 3.05) is 21.3 Å². The molecule has 57 heavy (non-hydrogen) atoms. The van der Waals surface area contributed by atoms with E-state index in [0.29, 0.717) is 33.8 Å². The molecular formula is C46H52N4O7. The highest BCUT2D eigenvalue weighted by Crippen LogP contribution is 2.38. The van der Waals surface area contributed by atoms with Crippen molar-refractivity contribution in [1.82, 2.24) is 0 Å². The first-order valence-electron chi connectivity index (χ1n) is 18.6. The van der Waals surface area contributed by atoms with E-state index in [2.05, 4.69) is 27.2 Å². The number of Topliss-reactive ketones (excluding diaryl/α,β-unsaturated/α-hetero) is 2. The van der Waals surface area contributed by atoms with Gasteiger partial charge in [-0.25, -0.2) is 4.79 Å². The fraction of sp³-hybridized carbons (Fsp3) is 0.326. The second kappa shape index (κ2) is 16.8. The maximum absolute atomic E-state index is 14.2. The van der Waals surface area contributed by atoms with E-state index in [1.54, 1.807) is 66.7 Å². The van der Waals surface area contributed by atoms with Crippen LogP contribution in [0.3, 0.4) is 0 Å². The summed E-state index contributed by atoms with van der Waals surface area (Å²) in [5.41, 5.74) is -0.0604. The van der Waals surface area contributed by atoms with Gasteiger partial charge in [-0.1, -0.05) is 70.9 Å². The summed E-state index contributed by atoms with van der Waals surface area (Å²) in [7, 11) is 0. The molecule has 2 amide bonds. The molecule has 298 valence electrons. The fourth-order valence-electron chi connectivity index (χ4n) is 5.93. The molecule has 0 bridgehead atoms. The molecule has 11 heteroatoms. The molecule has 0 spiro atoms. The number of carbonyl (C=O) groups excluding carboxylic acids is 4. The van der Waals surface area contributed by atoms with Gasteiger partial charge in [0, 0.05) is 67.4 Å². The fourth-order valence-corrected chi connectivity index (χ4v) is 5.93. The van der Waals surface area contributed by atoms with Crippen molar-refractivity contribution in [1.29, 1.82) is 0 Å². The zero-order valence-corrected chi connectivity index (χ0v) is 34.2. The molecule has 0 fully saturated rings. The predicted octanol–water partition coefficient (Wildman–Crippen LogP) is 9.38. The van der Waals surface area contributed by atoms with Gasteiger partial charge < -0.3 is 31.5 Å². The summed E-state index contributed by atoms with van der Waals surface area (Å²) >= 11 is 0. The van der Waals surface area contributed by atoms with Crippen LogP contribution in [0.2, 0.25) is 0 Å². The Morgan fingerprint density at radius 3 is 1.58 bits per heavy atom. The molecule has 4 aromatic rings. The Morgan fingerprint density at radius 1 is 0.561 bits per heavy atom. The maximum Gasteiger partial charge on any atom is 0.335 e. The smallest absolute Gasteiger partial charge is 0.335 e. The molecule has 11 nitrogen and oxygen atoms in total. The van der Waals surface area contributed by atoms with Crippen molar-refractivity contribution < 1.29 is 34.2 Å². The van der Waals surface area contributed by atoms with Gasteiger partial charge in [0.1, 0.15) is 6.11 Å². The lowest BCUT2D eigenvalue weighted by molar-refractivity contribution is 0.0694. The lowest BCUT2D eigenvalue weighted by Gasteiger charge is -2.42. The zero-order chi connectivity index (χ0) is 42.5. The van der Waals surface area contributed by atoms with E-state index in [9.17, 15) is 29.1 Å². The van der Waals surface area contributed by atoms with Crippen molar-refractivity contribution >= 4 is 52.1 Å². The summed E-state index contributed by atoms with van der Waals surface area (Å²) in [6.07, 6.45) is 1.92. The Morgan fingerprint density at radius 2 is 1.04 bits per heavy atom. The molecule has 4 rings (SSSR count). The number of carboxylic acid groups (broad SMARTS) is 1. The number of ketones is 2. The molecule has 1 atom stereocenters. The summed E-state index contributed by atoms with van der Waals surface area (Å²) in [6.45, 7) is 18.4. The van der Waals surface area contributed by atoms with Crippen molar-refractivity contribution in [3.8, 4) is 12.0 Å². The van der Waals surface area contributed by atoms with E-state index in [-0.39, 0.29) is 40.2 Å². The van der Waals surface area contributed by atoms with Crippen LogP contribution in [0.1, 0.15) is 121 Å². The van der Waals surface area contributed by atoms with E-state index in [1.807, 2.05) is 81.4 Å². The highest BCUT2D eigenvalue weighted by Gasteiger charge is 2.43. The highest BCUT2D eigenvalue weighted by atomic mass is 16.4. The monoisotopic (exact) mass is 772 g/mol. The van der Waals surface area contributed by atoms with E-state index >= 15 is 0 Å². The summed E-state index contributed by atoms with van der Waals surface area (Å²) < 4.78 is 0. The average molecular weight is 773 g/mol. The molecule has 4 aromatic carbocycles. The van der Waals surface area contributed by atoms with Gasteiger partial charge in [-0.3, -0.25) is 19.2 Å². The minimum Gasteiger partial charge on any atom is -0.478 e. The molecule has 0 aliphatic carbocycles. The molecule has 0 heterocycles. The lowest BCUT2D eigenvalue weighted by atomic mass is 9.69. The van der Waals surface area contributed by atoms with E-state index in [4.69, 9.17) is 5.11 Å². The Bertz CT molecular complexity index is 2270. The number of aromatic carboxylic acids is 1. The number of nitrogens with one attached hydrogen (secondary N) is 4. The van der Waals surface area contributed by atoms with Crippen LogP contribution in [0.15, 0.2) is 91.0 Å². The third kappa shape index (κ3) is 10.5. The first kappa shape index (κ1) is 43.3. The summed E-state index contributed by atoms with van der Waals surface area (Å²) in [5.74, 6) is -0.0206. The van der Waals surface area contributed by atoms with Gasteiger partial charge in [0.25, 0.3) is 11.8 Å². The van der Waals surface area contributed by atoms with Crippen LogP contribution in [0.25, 0.3) is 0 Å². The molecule has 0 aliphatic rings. The lowest BCUT2D eigenvalue weighted by Crippen LogP contribution is -2.50. The molecule has 6 N–H and O–H groups in total. The first-order chi connectivity index (χ1) is 26.4. The van der Waals surface area contributed by atoms with Crippen LogP contribution in [0.4, 0.5) is 22.7 Å². The Hall–Kier alpha value is -6.41. The number of carboxylic acids is 1. The SMILES string of the molecule is CC(C#CO)C(C)(C)Nc1cc(NC(=O)c2cccc(C(=O)C(C)(C)C(C)(C)Nc3cccc(NC(=O)c4cccc(C(=O)C(C)(C)C)c4)c3)c2)cc(C(=O)O)c1. The number of hydrogen-bond donors (Lipinski definition) is 6. The number of rotatable bonds is 14. The average Bonchev–Trinajstić information content (AvgIpc) is 3.13. The first-order valence-corrected chi connectivity index (χ1v) is 18.6. The van der Waals surface area contributed by atoms with Crippen molar-refractivity contribution in [3.05, 3.63) is 119 Å². The van der Waals surface area contributed by atoms with Gasteiger partial charge in [-0.15, -0.1) is 0 Å². The molecule has 0 saturated heterocycles. The number of aliphatic hydroxyl groups is 1. The van der Waals surface area contributed by atoms with E-state index in [1.165, 1.54) is 18.2 Å². The van der Waals surface area contributed by atoms with Gasteiger partial charge in [0.05, 0.1) is 11.0 Å². The Kier molecular flexibility index (Phi) is 12.7. The van der Waals surface area contributed by atoms with Gasteiger partial charge in [-0.05, 0) is 95.3 Å². The standard InChI is InChI=1S/C46H52N4O7/c1-28(20-21-51)45(7,8)49-37-25-33(42(56)57)24-36(27-37)48-41(55)32-17-12-15-30(23-32)39(53)44(5,6)46(9,10)50-35-19-13-18-34(26-35)47-40(54)31-16-11-14-29(22-31)38(52)43(2,3)4/h11-19,22-28,49-51H,1-10H3,(H,47,54)(H,48,55)(H,56,57). The summed E-state index contributed by atoms with van der Waals surface area (Å²) in [5, 5.41) is 31.2. The van der Waals surface area contributed by atoms with Crippen molar-refractivity contribution in [3.63, 3.8) is 0 Å². The van der Waals surface area contributed by atoms with Crippen molar-refractivity contribution in [2.24, 2.45) is 16.7 Å². The van der Waals surface area contributed by atoms with Gasteiger partial charge in [0.2, 0.25) is 0 Å². The van der Waals surface area contributed by atoms with E-state index < -0.39 is 33.8 Å². The van der Waals surface area contributed by atoms with Crippen LogP contribution in [-0.4, -0.2) is 50.6 Å². The number of benzene rings is 4. The molecule has 0 saturated carbocycles. The third-order valence-electron chi connectivity index (χ3n) is 10.4. The molecular weight excluding hydrogens is 721 g/mol. The van der Waals surface area contributed by atoms with Gasteiger partial charge >= 0.3 is 5.97 Å². The quantitative estimate of drug-likeness (QED) is 0.0539. The molecule has 0 radical (unpaired) electrons. The predicted molar refractivity (Wildman–Crippen MR) is 225 cm³/mol. The second-order valence-electron chi connectivity index (χ2n) is 16.9. The molecule has 1 unspecified atom stereocenters. The van der Waals surface area contributed by atoms with Crippen LogP contribution in [-0.2, 0) is 0 Å². The number of hydrogen-bond acceptors (Lipinski definition) is 8. The number of carbonyl (C=O) groups is 5. The van der Waals surface area contributed by atoms with Gasteiger partial charge in [0.15, 0.2) is 11.6 Å². The molecule has 0 aromatic heterocycles. The number of anilines is 4. The number of aliphatic hydroxyl groups excluding tert-OH is 1. The minimum absolute atomic E-state index is 0.0561. The number of amides is 2. The third-order valence-corrected chi connectivity index (χ3v) is 10.4. The Labute approximate surface area is 334 Å². The minimum atomic E-state index is -1.19. The topological polar surface area (TPSA) is 174 Å². The van der Waals surface area contributed by atoms with Crippen LogP contribution in [0.5, 0.6) is 0 Å². The summed E-state index contributed by atoms with van der Waals surface area (Å²) in [6, 6.07) is 24.5.